The molecule has 33 heavy (non-hydrogen) atoms. The Kier molecular flexibility index (Phi) is 6.35. The summed E-state index contributed by atoms with van der Waals surface area (Å²) in [6.07, 6.45) is 0.220. The summed E-state index contributed by atoms with van der Waals surface area (Å²) in [5, 5.41) is 13.3. The van der Waals surface area contributed by atoms with Crippen LogP contribution in [0.25, 0.3) is 0 Å². The van der Waals surface area contributed by atoms with Crippen LogP contribution in [0.15, 0.2) is 59.1 Å². The second-order valence-electron chi connectivity index (χ2n) is 7.94. The molecule has 0 bridgehead atoms. The van der Waals surface area contributed by atoms with Gasteiger partial charge in [-0.2, -0.15) is 4.98 Å². The van der Waals surface area contributed by atoms with Gasteiger partial charge < -0.3 is 20.5 Å². The highest BCUT2D eigenvalue weighted by molar-refractivity contribution is 5.92. The number of carbonyl (C=O) groups excluding carboxylic acids is 1. The Balaban J connectivity index is 1.39. The highest BCUT2D eigenvalue weighted by atomic mass is 16.5. The van der Waals surface area contributed by atoms with Gasteiger partial charge >= 0.3 is 0 Å². The van der Waals surface area contributed by atoms with Gasteiger partial charge in [0.25, 0.3) is 0 Å². The largest absolute Gasteiger partial charge is 0.361 e. The van der Waals surface area contributed by atoms with Gasteiger partial charge in [0.15, 0.2) is 0 Å². The quantitative estimate of drug-likeness (QED) is 0.353. The van der Waals surface area contributed by atoms with E-state index in [1.165, 1.54) is 5.56 Å². The van der Waals surface area contributed by atoms with Crippen molar-refractivity contribution >= 4 is 34.7 Å². The van der Waals surface area contributed by atoms with Gasteiger partial charge in [0, 0.05) is 34.4 Å². The molecule has 8 nitrogen and oxygen atoms in total. The minimum Gasteiger partial charge on any atom is -0.361 e. The van der Waals surface area contributed by atoms with Crippen molar-refractivity contribution in [3.05, 3.63) is 82.9 Å². The van der Waals surface area contributed by atoms with Crippen molar-refractivity contribution in [2.45, 2.75) is 34.1 Å². The highest BCUT2D eigenvalue weighted by Gasteiger charge is 2.13. The van der Waals surface area contributed by atoms with E-state index in [9.17, 15) is 4.79 Å². The highest BCUT2D eigenvalue weighted by Crippen LogP contribution is 2.21. The maximum Gasteiger partial charge on any atom is 0.229 e. The average molecular weight is 443 g/mol. The smallest absolute Gasteiger partial charge is 0.229 e. The van der Waals surface area contributed by atoms with E-state index in [2.05, 4.69) is 31.1 Å². The van der Waals surface area contributed by atoms with Crippen LogP contribution in [0, 0.1) is 27.7 Å². The molecule has 0 radical (unpaired) electrons. The Hall–Kier alpha value is -4.20. The van der Waals surface area contributed by atoms with Crippen molar-refractivity contribution in [2.75, 3.05) is 16.0 Å². The first-order valence-electron chi connectivity index (χ1n) is 10.6. The molecule has 2 aromatic carbocycles. The molecule has 2 aromatic heterocycles. The summed E-state index contributed by atoms with van der Waals surface area (Å²) >= 11 is 0. The van der Waals surface area contributed by atoms with Crippen molar-refractivity contribution in [3.8, 4) is 0 Å². The van der Waals surface area contributed by atoms with Crippen molar-refractivity contribution in [1.82, 2.24) is 15.1 Å². The van der Waals surface area contributed by atoms with Crippen molar-refractivity contribution in [1.29, 1.82) is 0 Å². The fourth-order valence-electron chi connectivity index (χ4n) is 3.36. The number of aryl methyl sites for hydroxylation is 4. The lowest BCUT2D eigenvalue weighted by molar-refractivity contribution is -0.115. The molecule has 0 atom stereocenters. The average Bonchev–Trinajstić information content (AvgIpc) is 3.08. The summed E-state index contributed by atoms with van der Waals surface area (Å²) in [6.45, 7) is 7.60. The zero-order valence-electron chi connectivity index (χ0n) is 19.1. The van der Waals surface area contributed by atoms with Crippen LogP contribution in [-0.2, 0) is 11.2 Å². The third-order valence-electron chi connectivity index (χ3n) is 5.12. The number of anilines is 5. The zero-order chi connectivity index (χ0) is 23.4. The summed E-state index contributed by atoms with van der Waals surface area (Å²) in [5.41, 5.74) is 6.06. The number of carbonyl (C=O) groups is 1. The number of hydrogen-bond acceptors (Lipinski definition) is 7. The van der Waals surface area contributed by atoms with Crippen LogP contribution < -0.4 is 16.0 Å². The molecule has 4 aromatic rings. The lowest BCUT2D eigenvalue weighted by atomic mass is 10.1. The first-order chi connectivity index (χ1) is 15.9. The molecule has 0 spiro atoms. The van der Waals surface area contributed by atoms with Gasteiger partial charge in [-0.05, 0) is 64.1 Å². The maximum absolute atomic E-state index is 12.4. The number of rotatable bonds is 7. The van der Waals surface area contributed by atoms with Crippen LogP contribution >= 0.6 is 0 Å². The van der Waals surface area contributed by atoms with Gasteiger partial charge in [0.2, 0.25) is 11.9 Å². The molecular formula is C25H26N6O2. The fraction of sp³-hybridized carbons (Fsp3) is 0.200. The van der Waals surface area contributed by atoms with E-state index in [1.54, 1.807) is 6.92 Å². The van der Waals surface area contributed by atoms with Crippen LogP contribution in [0.5, 0.6) is 0 Å². The van der Waals surface area contributed by atoms with Crippen LogP contribution in [-0.4, -0.2) is 21.0 Å². The summed E-state index contributed by atoms with van der Waals surface area (Å²) in [7, 11) is 0. The van der Waals surface area contributed by atoms with Gasteiger partial charge in [0.05, 0.1) is 12.1 Å². The van der Waals surface area contributed by atoms with Crippen LogP contribution in [0.2, 0.25) is 0 Å². The molecule has 0 saturated heterocycles. The minimum absolute atomic E-state index is 0.122. The second-order valence-corrected chi connectivity index (χ2v) is 7.94. The van der Waals surface area contributed by atoms with E-state index < -0.39 is 0 Å². The topological polar surface area (TPSA) is 105 Å². The standard InChI is InChI=1S/C25H26N6O2/c1-15-5-7-21(8-6-15)29-25-26-16(2)13-23(30-25)27-19-9-11-20(12-10-19)28-24(32)14-22-17(3)31-33-18(22)4/h5-13H,14H2,1-4H3,(H,28,32)(H2,26,27,29,30). The van der Waals surface area contributed by atoms with E-state index in [4.69, 9.17) is 4.52 Å². The molecule has 4 rings (SSSR count). The summed E-state index contributed by atoms with van der Waals surface area (Å²) < 4.78 is 5.12. The van der Waals surface area contributed by atoms with Gasteiger partial charge in [-0.1, -0.05) is 22.9 Å². The molecule has 1 amide bonds. The Morgan fingerprint density at radius 1 is 0.848 bits per heavy atom. The molecule has 0 fully saturated rings. The number of nitrogens with zero attached hydrogens (tertiary/aromatic N) is 3. The van der Waals surface area contributed by atoms with E-state index >= 15 is 0 Å². The lowest BCUT2D eigenvalue weighted by Crippen LogP contribution is -2.15. The predicted molar refractivity (Wildman–Crippen MR) is 129 cm³/mol. The van der Waals surface area contributed by atoms with E-state index in [-0.39, 0.29) is 12.3 Å². The van der Waals surface area contributed by atoms with Crippen LogP contribution in [0.4, 0.5) is 28.8 Å². The monoisotopic (exact) mass is 442 g/mol. The van der Waals surface area contributed by atoms with Crippen LogP contribution in [0.3, 0.4) is 0 Å². The fourth-order valence-corrected chi connectivity index (χ4v) is 3.36. The van der Waals surface area contributed by atoms with E-state index in [0.717, 1.165) is 28.3 Å². The first-order valence-corrected chi connectivity index (χ1v) is 10.6. The minimum atomic E-state index is -0.122. The lowest BCUT2D eigenvalue weighted by Gasteiger charge is -2.11. The molecule has 168 valence electrons. The van der Waals surface area contributed by atoms with Gasteiger partial charge in [-0.25, -0.2) is 4.98 Å². The zero-order valence-corrected chi connectivity index (χ0v) is 19.1. The van der Waals surface area contributed by atoms with Gasteiger partial charge in [-0.15, -0.1) is 0 Å². The number of hydrogen-bond donors (Lipinski definition) is 3. The molecule has 0 aliphatic heterocycles. The number of benzene rings is 2. The normalized spacial score (nSPS) is 10.7. The van der Waals surface area contributed by atoms with E-state index in [0.29, 0.717) is 23.2 Å². The number of amides is 1. The maximum atomic E-state index is 12.4. The molecule has 0 unspecified atom stereocenters. The Morgan fingerprint density at radius 2 is 1.48 bits per heavy atom. The Morgan fingerprint density at radius 3 is 2.15 bits per heavy atom. The third-order valence-corrected chi connectivity index (χ3v) is 5.12. The Labute approximate surface area is 192 Å². The second kappa shape index (κ2) is 9.52. The molecule has 0 aliphatic rings. The molecule has 0 aliphatic carbocycles. The van der Waals surface area contributed by atoms with E-state index in [1.807, 2.05) is 75.4 Å². The molecule has 3 N–H and O–H groups in total. The van der Waals surface area contributed by atoms with Gasteiger partial charge in [0.1, 0.15) is 11.6 Å². The van der Waals surface area contributed by atoms with Crippen LogP contribution in [0.1, 0.15) is 28.3 Å². The molecular weight excluding hydrogens is 416 g/mol. The summed E-state index contributed by atoms with van der Waals surface area (Å²) in [4.78, 5) is 21.4. The summed E-state index contributed by atoms with van der Waals surface area (Å²) in [5.74, 6) is 1.74. The van der Waals surface area contributed by atoms with Crippen molar-refractivity contribution in [3.63, 3.8) is 0 Å². The first kappa shape index (κ1) is 22.0. The molecule has 2 heterocycles. The SMILES string of the molecule is Cc1ccc(Nc2nc(C)cc(Nc3ccc(NC(=O)Cc4c(C)noc4C)cc3)n2)cc1. The number of nitrogens with one attached hydrogen (secondary N) is 3. The third kappa shape index (κ3) is 5.74. The molecule has 0 saturated carbocycles. The summed E-state index contributed by atoms with van der Waals surface area (Å²) in [6, 6.07) is 17.4. The van der Waals surface area contributed by atoms with Crippen molar-refractivity contribution < 1.29 is 9.32 Å². The number of aromatic nitrogens is 3. The molecule has 8 heteroatoms. The Bertz CT molecular complexity index is 1240. The van der Waals surface area contributed by atoms with Gasteiger partial charge in [-0.3, -0.25) is 4.79 Å². The predicted octanol–water partition coefficient (Wildman–Crippen LogP) is 5.37. The van der Waals surface area contributed by atoms with Crippen molar-refractivity contribution in [2.24, 2.45) is 0 Å².